The molecule has 2 N–H and O–H groups in total. The average molecular weight is 497 g/mol. The molecule has 35 heavy (non-hydrogen) atoms. The van der Waals surface area contributed by atoms with Crippen LogP contribution in [0.1, 0.15) is 30.9 Å². The zero-order valence-corrected chi connectivity index (χ0v) is 20.8. The second-order valence-corrected chi connectivity index (χ2v) is 9.76. The second kappa shape index (κ2) is 9.79. The fourth-order valence-electron chi connectivity index (χ4n) is 5.00. The van der Waals surface area contributed by atoms with E-state index in [1.807, 2.05) is 13.0 Å². The van der Waals surface area contributed by atoms with Crippen molar-refractivity contribution in [1.29, 1.82) is 0 Å². The molecule has 3 aromatic rings. The number of hydrogen-bond donors (Lipinski definition) is 2. The van der Waals surface area contributed by atoms with Crippen molar-refractivity contribution < 1.29 is 4.39 Å². The number of rotatable bonds is 5. The van der Waals surface area contributed by atoms with E-state index in [9.17, 15) is 9.60 Å². The van der Waals surface area contributed by atoms with Crippen LogP contribution in [0, 0.1) is 11.0 Å². The molecule has 5 rings (SSSR count). The van der Waals surface area contributed by atoms with Crippen molar-refractivity contribution in [2.24, 2.45) is 0 Å². The molecule has 1 fully saturated rings. The maximum absolute atomic E-state index is 14.5. The molecule has 184 valence electrons. The van der Waals surface area contributed by atoms with Crippen LogP contribution in [0.15, 0.2) is 42.5 Å². The summed E-state index contributed by atoms with van der Waals surface area (Å²) in [5.74, 6) is 0.497. The van der Waals surface area contributed by atoms with Crippen molar-refractivity contribution in [1.82, 2.24) is 24.8 Å². The zero-order chi connectivity index (χ0) is 24.6. The highest BCUT2D eigenvalue weighted by atomic mass is 35.5. The summed E-state index contributed by atoms with van der Waals surface area (Å²) < 4.78 is 13.2. The lowest BCUT2D eigenvalue weighted by atomic mass is 9.97. The third-order valence-corrected chi connectivity index (χ3v) is 7.28. The fourth-order valence-corrected chi connectivity index (χ4v) is 5.27. The molecule has 2 aliphatic rings. The number of nitrogens with one attached hydrogen (secondary N) is 2. The highest BCUT2D eigenvalue weighted by molar-refractivity contribution is 6.33. The Labute approximate surface area is 210 Å². The maximum Gasteiger partial charge on any atom is 0.243 e. The second-order valence-electron chi connectivity index (χ2n) is 9.35. The molecule has 0 saturated carbocycles. The molecule has 2 aromatic carbocycles. The predicted molar refractivity (Wildman–Crippen MR) is 139 cm³/mol. The number of likely N-dealkylation sites (tertiary alicyclic amines) is 1. The monoisotopic (exact) mass is 496 g/mol. The highest BCUT2D eigenvalue weighted by Crippen LogP contribution is 2.43. The van der Waals surface area contributed by atoms with Crippen LogP contribution in [-0.2, 0) is 13.0 Å². The first-order valence-corrected chi connectivity index (χ1v) is 12.5. The molecule has 2 aliphatic heterocycles. The smallest absolute Gasteiger partial charge is 0.243 e. The number of fused-ring (bicyclic) bond motifs is 1. The first-order chi connectivity index (χ1) is 16.9. The number of aryl methyl sites for hydroxylation is 1. The molecule has 1 saturated heterocycles. The molecular weight excluding hydrogens is 467 g/mol. The van der Waals surface area contributed by atoms with Gasteiger partial charge < -0.3 is 15.4 Å². The average Bonchev–Trinajstić information content (AvgIpc) is 2.86. The minimum absolute atomic E-state index is 0.102. The Balaban J connectivity index is 1.68. The van der Waals surface area contributed by atoms with E-state index in [2.05, 4.69) is 22.6 Å². The van der Waals surface area contributed by atoms with Gasteiger partial charge in [-0.15, -0.1) is 0 Å². The minimum atomic E-state index is -0.838. The molecule has 0 aliphatic carbocycles. The van der Waals surface area contributed by atoms with Gasteiger partial charge in [-0.1, -0.05) is 30.7 Å². The summed E-state index contributed by atoms with van der Waals surface area (Å²) in [6, 6.07) is 12.0. The Morgan fingerprint density at radius 3 is 2.71 bits per heavy atom. The Morgan fingerprint density at radius 2 is 1.97 bits per heavy atom. The van der Waals surface area contributed by atoms with Crippen LogP contribution < -0.4 is 15.3 Å². The van der Waals surface area contributed by atoms with Gasteiger partial charge >= 0.3 is 0 Å². The quantitative estimate of drug-likeness (QED) is 0.373. The fraction of sp³-hybridized carbons (Fsp3) is 0.385. The molecule has 1 atom stereocenters. The van der Waals surface area contributed by atoms with Gasteiger partial charge in [0.1, 0.15) is 17.5 Å². The molecule has 1 unspecified atom stereocenters. The van der Waals surface area contributed by atoms with E-state index in [-0.39, 0.29) is 18.5 Å². The first-order valence-electron chi connectivity index (χ1n) is 12.1. The topological polar surface area (TPSA) is 76.1 Å². The Morgan fingerprint density at radius 1 is 1.20 bits per heavy atom. The van der Waals surface area contributed by atoms with E-state index >= 15 is 0 Å². The molecule has 3 heterocycles. The SMILES string of the molecule is CCc1cc(F)ccc1-c1nc(NC2CCN(C)CC2)nc2c1CNC[N+]2([O-])c1ccccc1Cl. The van der Waals surface area contributed by atoms with Gasteiger partial charge in [0.15, 0.2) is 5.69 Å². The van der Waals surface area contributed by atoms with Crippen molar-refractivity contribution in [3.05, 3.63) is 69.6 Å². The third-order valence-electron chi connectivity index (χ3n) is 6.96. The van der Waals surface area contributed by atoms with Gasteiger partial charge in [0.2, 0.25) is 11.8 Å². The number of nitrogens with zero attached hydrogens (tertiary/aromatic N) is 4. The molecule has 9 heteroatoms. The summed E-state index contributed by atoms with van der Waals surface area (Å²) in [5.41, 5.74) is 3.44. The first kappa shape index (κ1) is 24.1. The Bertz CT molecular complexity index is 1230. The van der Waals surface area contributed by atoms with E-state index in [0.29, 0.717) is 46.7 Å². The summed E-state index contributed by atoms with van der Waals surface area (Å²) in [7, 11) is 2.12. The minimum Gasteiger partial charge on any atom is -0.620 e. The number of halogens is 2. The number of aromatic nitrogens is 2. The number of para-hydroxylation sites is 1. The van der Waals surface area contributed by atoms with Crippen molar-refractivity contribution >= 4 is 29.1 Å². The number of benzene rings is 2. The largest absolute Gasteiger partial charge is 0.620 e. The molecule has 1 aromatic heterocycles. The third kappa shape index (κ3) is 4.64. The Hall–Kier alpha value is -2.62. The molecule has 0 amide bonds. The van der Waals surface area contributed by atoms with E-state index in [1.54, 1.807) is 24.3 Å². The van der Waals surface area contributed by atoms with Crippen molar-refractivity contribution in [3.63, 3.8) is 0 Å². The number of anilines is 1. The highest BCUT2D eigenvalue weighted by Gasteiger charge is 2.37. The molecule has 0 spiro atoms. The van der Waals surface area contributed by atoms with Crippen molar-refractivity contribution in [2.75, 3.05) is 32.1 Å². The summed E-state index contributed by atoms with van der Waals surface area (Å²) in [6.07, 6.45) is 2.57. The number of hydrogen-bond acceptors (Lipinski definition) is 6. The molecule has 0 radical (unpaired) electrons. The van der Waals surface area contributed by atoms with Gasteiger partial charge in [-0.2, -0.15) is 4.98 Å². The van der Waals surface area contributed by atoms with Crippen LogP contribution in [0.4, 0.5) is 21.8 Å². The number of hydroxylamine groups is 1. The summed E-state index contributed by atoms with van der Waals surface area (Å²) in [6.45, 7) is 4.49. The standard InChI is InChI=1S/C26H30ClFN6O/c1-3-17-14-18(28)8-9-20(17)24-21-15-29-16-34(35,23-7-5-4-6-22(23)27)25(21)32-26(31-24)30-19-10-12-33(2)13-11-19/h4-9,14,19,29H,3,10-13,15-16H2,1-2H3,(H,30,31,32). The van der Waals surface area contributed by atoms with Gasteiger partial charge in [0.25, 0.3) is 0 Å². The summed E-state index contributed by atoms with van der Waals surface area (Å²) in [5, 5.41) is 21.6. The molecule has 0 bridgehead atoms. The van der Waals surface area contributed by atoms with Crippen molar-refractivity contribution in [3.8, 4) is 11.3 Å². The van der Waals surface area contributed by atoms with E-state index < -0.39 is 4.65 Å². The predicted octanol–water partition coefficient (Wildman–Crippen LogP) is 5.20. The normalized spacial score (nSPS) is 21.1. The molecular formula is C26H30ClFN6O. The lowest BCUT2D eigenvalue weighted by Crippen LogP contribution is -2.50. The van der Waals surface area contributed by atoms with Crippen molar-refractivity contribution in [2.45, 2.75) is 38.8 Å². The Kier molecular flexibility index (Phi) is 6.74. The van der Waals surface area contributed by atoms with Gasteiger partial charge in [-0.05, 0) is 69.2 Å². The van der Waals surface area contributed by atoms with Crippen LogP contribution >= 0.6 is 11.6 Å². The van der Waals surface area contributed by atoms with Crippen LogP contribution in [0.5, 0.6) is 0 Å². The van der Waals surface area contributed by atoms with E-state index in [1.165, 1.54) is 12.1 Å². The number of quaternary nitrogens is 1. The van der Waals surface area contributed by atoms with Gasteiger partial charge in [-0.3, -0.25) is 9.96 Å². The van der Waals surface area contributed by atoms with Gasteiger partial charge in [-0.25, -0.2) is 9.37 Å². The van der Waals surface area contributed by atoms with E-state index in [0.717, 1.165) is 37.1 Å². The lowest BCUT2D eigenvalue weighted by molar-refractivity contribution is 0.263. The number of piperidine rings is 1. The van der Waals surface area contributed by atoms with Crippen LogP contribution in [0.25, 0.3) is 11.3 Å². The van der Waals surface area contributed by atoms with Crippen LogP contribution in [-0.4, -0.2) is 47.7 Å². The summed E-state index contributed by atoms with van der Waals surface area (Å²) in [4.78, 5) is 12.0. The van der Waals surface area contributed by atoms with Crippen LogP contribution in [0.3, 0.4) is 0 Å². The van der Waals surface area contributed by atoms with Gasteiger partial charge in [0, 0.05) is 24.2 Å². The van der Waals surface area contributed by atoms with Gasteiger partial charge in [0.05, 0.1) is 11.3 Å². The molecule has 7 nitrogen and oxygen atoms in total. The van der Waals surface area contributed by atoms with E-state index in [4.69, 9.17) is 21.6 Å². The maximum atomic E-state index is 14.5. The summed E-state index contributed by atoms with van der Waals surface area (Å²) >= 11 is 6.50. The van der Waals surface area contributed by atoms with Crippen LogP contribution in [0.2, 0.25) is 5.02 Å². The zero-order valence-electron chi connectivity index (χ0n) is 20.0. The lowest BCUT2D eigenvalue weighted by Gasteiger charge is -2.44.